The Morgan fingerprint density at radius 3 is 2.56 bits per heavy atom. The molecule has 1 rings (SSSR count). The van der Waals surface area contributed by atoms with Gasteiger partial charge in [-0.2, -0.15) is 13.2 Å². The van der Waals surface area contributed by atoms with Crippen LogP contribution in [0.4, 0.5) is 13.2 Å². The summed E-state index contributed by atoms with van der Waals surface area (Å²) in [4.78, 5) is 0. The molecule has 0 atom stereocenters. The normalized spacial score (nSPS) is 12.2. The van der Waals surface area contributed by atoms with Crippen molar-refractivity contribution in [2.24, 2.45) is 0 Å². The quantitative estimate of drug-likeness (QED) is 0.756. The molecule has 0 spiro atoms. The molecule has 1 N–H and O–H groups in total. The molecule has 1 nitrogen and oxygen atoms in total. The predicted molar refractivity (Wildman–Crippen MR) is 68.3 cm³/mol. The van der Waals surface area contributed by atoms with Crippen LogP contribution in [-0.4, -0.2) is 13.1 Å². The highest BCUT2D eigenvalue weighted by atomic mass is 19.4. The number of hydrogen-bond acceptors (Lipinski definition) is 1. The van der Waals surface area contributed by atoms with Crippen molar-refractivity contribution in [3.8, 4) is 0 Å². The Morgan fingerprint density at radius 2 is 1.89 bits per heavy atom. The van der Waals surface area contributed by atoms with Crippen LogP contribution in [0.2, 0.25) is 0 Å². The fraction of sp³-hybridized carbons (Fsp3) is 0.429. The van der Waals surface area contributed by atoms with E-state index in [4.69, 9.17) is 0 Å². The second kappa shape index (κ2) is 7.21. The van der Waals surface area contributed by atoms with Crippen molar-refractivity contribution in [2.45, 2.75) is 25.9 Å². The third kappa shape index (κ3) is 4.92. The van der Waals surface area contributed by atoms with Crippen molar-refractivity contribution >= 4 is 6.08 Å². The zero-order valence-corrected chi connectivity index (χ0v) is 10.4. The Bertz CT molecular complexity index is 383. The van der Waals surface area contributed by atoms with Gasteiger partial charge in [-0.05, 0) is 37.6 Å². The zero-order chi connectivity index (χ0) is 13.4. The molecule has 0 bridgehead atoms. The minimum Gasteiger partial charge on any atom is -0.316 e. The molecule has 0 unspecified atom stereocenters. The van der Waals surface area contributed by atoms with Crippen molar-refractivity contribution in [2.75, 3.05) is 13.1 Å². The molecule has 0 heterocycles. The van der Waals surface area contributed by atoms with Gasteiger partial charge in [-0.25, -0.2) is 0 Å². The van der Waals surface area contributed by atoms with Gasteiger partial charge in [-0.3, -0.25) is 0 Å². The average Bonchev–Trinajstić information content (AvgIpc) is 2.33. The number of rotatable bonds is 6. The van der Waals surface area contributed by atoms with E-state index < -0.39 is 11.7 Å². The van der Waals surface area contributed by atoms with E-state index in [1.54, 1.807) is 12.1 Å². The van der Waals surface area contributed by atoms with Gasteiger partial charge in [0.05, 0.1) is 5.56 Å². The summed E-state index contributed by atoms with van der Waals surface area (Å²) >= 11 is 0. The minimum absolute atomic E-state index is 0.223. The lowest BCUT2D eigenvalue weighted by molar-refractivity contribution is -0.137. The summed E-state index contributed by atoms with van der Waals surface area (Å²) in [6.45, 7) is 3.80. The Balaban J connectivity index is 2.59. The maximum absolute atomic E-state index is 12.7. The van der Waals surface area contributed by atoms with Gasteiger partial charge in [0.15, 0.2) is 0 Å². The highest BCUT2D eigenvalue weighted by molar-refractivity contribution is 5.54. The van der Waals surface area contributed by atoms with Crippen molar-refractivity contribution in [1.82, 2.24) is 5.32 Å². The first-order chi connectivity index (χ1) is 8.55. The van der Waals surface area contributed by atoms with E-state index in [9.17, 15) is 13.2 Å². The number of halogens is 3. The Morgan fingerprint density at radius 1 is 1.17 bits per heavy atom. The number of benzene rings is 1. The molecule has 0 radical (unpaired) electrons. The fourth-order valence-corrected chi connectivity index (χ4v) is 1.60. The maximum Gasteiger partial charge on any atom is 0.416 e. The molecule has 0 saturated carbocycles. The highest BCUT2D eigenvalue weighted by Gasteiger charge is 2.32. The van der Waals surface area contributed by atoms with E-state index in [0.29, 0.717) is 0 Å². The molecule has 0 fully saturated rings. The molecule has 0 aliphatic carbocycles. The molecule has 100 valence electrons. The molecule has 1 aromatic carbocycles. The Labute approximate surface area is 106 Å². The molecule has 0 aliphatic rings. The first kappa shape index (κ1) is 14.8. The largest absolute Gasteiger partial charge is 0.416 e. The summed E-state index contributed by atoms with van der Waals surface area (Å²) < 4.78 is 38.0. The summed E-state index contributed by atoms with van der Waals surface area (Å²) in [5, 5.41) is 3.19. The van der Waals surface area contributed by atoms with Gasteiger partial charge in [0.25, 0.3) is 0 Å². The number of nitrogens with one attached hydrogen (secondary N) is 1. The lowest BCUT2D eigenvalue weighted by atomic mass is 10.1. The average molecular weight is 257 g/mol. The van der Waals surface area contributed by atoms with E-state index >= 15 is 0 Å². The van der Waals surface area contributed by atoms with Gasteiger partial charge in [0, 0.05) is 0 Å². The lowest BCUT2D eigenvalue weighted by Crippen LogP contribution is -2.15. The SMILES string of the molecule is CCCNCCC=Cc1ccccc1C(F)(F)F. The molecule has 0 aliphatic heterocycles. The third-order valence-electron chi connectivity index (χ3n) is 2.48. The molecular weight excluding hydrogens is 239 g/mol. The summed E-state index contributed by atoms with van der Waals surface area (Å²) in [6, 6.07) is 5.61. The second-order valence-electron chi connectivity index (χ2n) is 4.03. The van der Waals surface area contributed by atoms with Crippen LogP contribution < -0.4 is 5.32 Å². The molecular formula is C14H18F3N. The van der Waals surface area contributed by atoms with Crippen LogP contribution in [0, 0.1) is 0 Å². The monoisotopic (exact) mass is 257 g/mol. The summed E-state index contributed by atoms with van der Waals surface area (Å²) in [6.07, 6.45) is 0.803. The third-order valence-corrected chi connectivity index (χ3v) is 2.48. The number of hydrogen-bond donors (Lipinski definition) is 1. The van der Waals surface area contributed by atoms with E-state index in [0.717, 1.165) is 32.0 Å². The van der Waals surface area contributed by atoms with Gasteiger partial charge in [-0.15, -0.1) is 0 Å². The van der Waals surface area contributed by atoms with Crippen molar-refractivity contribution in [3.05, 3.63) is 41.5 Å². The van der Waals surface area contributed by atoms with Crippen molar-refractivity contribution in [3.63, 3.8) is 0 Å². The summed E-state index contributed by atoms with van der Waals surface area (Å²) in [5.41, 5.74) is -0.358. The minimum atomic E-state index is -4.29. The van der Waals surface area contributed by atoms with E-state index in [1.807, 2.05) is 0 Å². The molecule has 0 amide bonds. The number of alkyl halides is 3. The molecule has 18 heavy (non-hydrogen) atoms. The standard InChI is InChI=1S/C14H18F3N/c1-2-10-18-11-6-5-8-12-7-3-4-9-13(12)14(15,16)17/h3-5,7-9,18H,2,6,10-11H2,1H3. The summed E-state index contributed by atoms with van der Waals surface area (Å²) in [5.74, 6) is 0. The van der Waals surface area contributed by atoms with E-state index in [2.05, 4.69) is 12.2 Å². The van der Waals surface area contributed by atoms with E-state index in [-0.39, 0.29) is 5.56 Å². The zero-order valence-electron chi connectivity index (χ0n) is 10.4. The highest BCUT2D eigenvalue weighted by Crippen LogP contribution is 2.32. The van der Waals surface area contributed by atoms with Crippen LogP contribution >= 0.6 is 0 Å². The van der Waals surface area contributed by atoms with Crippen LogP contribution in [-0.2, 0) is 6.18 Å². The molecule has 1 aromatic rings. The van der Waals surface area contributed by atoms with Crippen LogP contribution in [0.5, 0.6) is 0 Å². The van der Waals surface area contributed by atoms with Gasteiger partial charge >= 0.3 is 6.18 Å². The lowest BCUT2D eigenvalue weighted by Gasteiger charge is -2.09. The van der Waals surface area contributed by atoms with Crippen LogP contribution in [0.25, 0.3) is 6.08 Å². The van der Waals surface area contributed by atoms with E-state index in [1.165, 1.54) is 18.2 Å². The Kier molecular flexibility index (Phi) is 5.92. The first-order valence-electron chi connectivity index (χ1n) is 6.09. The molecule has 4 heteroatoms. The first-order valence-corrected chi connectivity index (χ1v) is 6.09. The second-order valence-corrected chi connectivity index (χ2v) is 4.03. The van der Waals surface area contributed by atoms with Gasteiger partial charge in [0.2, 0.25) is 0 Å². The smallest absolute Gasteiger partial charge is 0.316 e. The van der Waals surface area contributed by atoms with Crippen molar-refractivity contribution < 1.29 is 13.2 Å². The topological polar surface area (TPSA) is 12.0 Å². The van der Waals surface area contributed by atoms with Crippen LogP contribution in [0.15, 0.2) is 30.3 Å². The van der Waals surface area contributed by atoms with Crippen LogP contribution in [0.3, 0.4) is 0 Å². The van der Waals surface area contributed by atoms with Gasteiger partial charge < -0.3 is 5.32 Å². The van der Waals surface area contributed by atoms with Gasteiger partial charge in [0.1, 0.15) is 0 Å². The molecule has 0 aromatic heterocycles. The summed E-state index contributed by atoms with van der Waals surface area (Å²) in [7, 11) is 0. The van der Waals surface area contributed by atoms with Crippen LogP contribution in [0.1, 0.15) is 30.9 Å². The van der Waals surface area contributed by atoms with Crippen molar-refractivity contribution in [1.29, 1.82) is 0 Å². The van der Waals surface area contributed by atoms with Gasteiger partial charge in [-0.1, -0.05) is 37.3 Å². The molecule has 0 saturated heterocycles. The predicted octanol–water partition coefficient (Wildman–Crippen LogP) is 4.11. The Hall–Kier alpha value is -1.29. The maximum atomic E-state index is 12.7. The fourth-order valence-electron chi connectivity index (χ4n) is 1.60.